The molecule has 4 nitrogen and oxygen atoms in total. The van der Waals surface area contributed by atoms with Crippen LogP contribution in [0.25, 0.3) is 0 Å². The predicted molar refractivity (Wildman–Crippen MR) is 108 cm³/mol. The van der Waals surface area contributed by atoms with Gasteiger partial charge in [-0.15, -0.1) is 0 Å². The van der Waals surface area contributed by atoms with E-state index in [1.165, 1.54) is 30.4 Å². The Bertz CT molecular complexity index is 701. The summed E-state index contributed by atoms with van der Waals surface area (Å²) in [6.07, 6.45) is 3.83. The molecule has 3 unspecified atom stereocenters. The van der Waals surface area contributed by atoms with Crippen LogP contribution in [0.2, 0.25) is 0 Å². The van der Waals surface area contributed by atoms with Crippen molar-refractivity contribution < 1.29 is 9.47 Å². The van der Waals surface area contributed by atoms with Gasteiger partial charge in [0.05, 0.1) is 13.2 Å². The summed E-state index contributed by atoms with van der Waals surface area (Å²) < 4.78 is 11.8. The number of hydrogen-bond acceptors (Lipinski definition) is 4. The Morgan fingerprint density at radius 2 is 1.89 bits per heavy atom. The number of para-hydroxylation sites is 1. The van der Waals surface area contributed by atoms with Gasteiger partial charge in [0.1, 0.15) is 12.4 Å². The summed E-state index contributed by atoms with van der Waals surface area (Å²) in [5, 5.41) is 7.46. The van der Waals surface area contributed by atoms with Gasteiger partial charge in [-0.05, 0) is 30.4 Å². The molecule has 144 valence electrons. The van der Waals surface area contributed by atoms with Crippen LogP contribution >= 0.6 is 0 Å². The number of ether oxygens (including phenoxy) is 2. The van der Waals surface area contributed by atoms with Crippen LogP contribution in [0.5, 0.6) is 5.75 Å². The Morgan fingerprint density at radius 3 is 2.74 bits per heavy atom. The Hall–Kier alpha value is -1.88. The molecule has 2 aliphatic rings. The highest BCUT2D eigenvalue weighted by Crippen LogP contribution is 2.30. The molecule has 2 aromatic carbocycles. The van der Waals surface area contributed by atoms with Gasteiger partial charge < -0.3 is 20.1 Å². The number of rotatable bonds is 7. The van der Waals surface area contributed by atoms with Crippen molar-refractivity contribution in [2.24, 2.45) is 5.92 Å². The molecule has 0 bridgehead atoms. The second kappa shape index (κ2) is 9.36. The SMILES string of the molecule is c1ccc(COc2ccccc2CNC2CCCC2C2COCCN2)cc1. The summed E-state index contributed by atoms with van der Waals surface area (Å²) in [6, 6.07) is 19.8. The lowest BCUT2D eigenvalue weighted by atomic mass is 9.94. The highest BCUT2D eigenvalue weighted by Gasteiger charge is 2.34. The third-order valence-corrected chi connectivity index (χ3v) is 5.80. The minimum absolute atomic E-state index is 0.489. The summed E-state index contributed by atoms with van der Waals surface area (Å²) in [5.74, 6) is 1.63. The molecule has 4 heteroatoms. The lowest BCUT2D eigenvalue weighted by Crippen LogP contribution is -2.50. The molecule has 2 fully saturated rings. The van der Waals surface area contributed by atoms with E-state index in [-0.39, 0.29) is 0 Å². The van der Waals surface area contributed by atoms with Crippen molar-refractivity contribution in [2.45, 2.75) is 44.5 Å². The van der Waals surface area contributed by atoms with Crippen molar-refractivity contribution in [3.05, 3.63) is 65.7 Å². The molecule has 4 rings (SSSR count). The largest absolute Gasteiger partial charge is 0.489 e. The van der Waals surface area contributed by atoms with Gasteiger partial charge in [-0.2, -0.15) is 0 Å². The van der Waals surface area contributed by atoms with Crippen molar-refractivity contribution in [3.63, 3.8) is 0 Å². The third kappa shape index (κ3) is 4.89. The van der Waals surface area contributed by atoms with Crippen LogP contribution in [0.15, 0.2) is 54.6 Å². The maximum absolute atomic E-state index is 6.11. The van der Waals surface area contributed by atoms with E-state index in [0.29, 0.717) is 24.6 Å². The van der Waals surface area contributed by atoms with Crippen LogP contribution in [0.4, 0.5) is 0 Å². The number of benzene rings is 2. The van der Waals surface area contributed by atoms with Gasteiger partial charge >= 0.3 is 0 Å². The highest BCUT2D eigenvalue weighted by molar-refractivity contribution is 5.33. The average Bonchev–Trinajstić information content (AvgIpc) is 3.21. The molecule has 1 heterocycles. The first-order valence-corrected chi connectivity index (χ1v) is 10.2. The summed E-state index contributed by atoms with van der Waals surface area (Å²) >= 11 is 0. The van der Waals surface area contributed by atoms with Crippen LogP contribution in [0, 0.1) is 5.92 Å². The number of hydrogen-bond donors (Lipinski definition) is 2. The van der Waals surface area contributed by atoms with Gasteiger partial charge in [0, 0.05) is 30.7 Å². The Morgan fingerprint density at radius 1 is 1.04 bits per heavy atom. The molecule has 0 aromatic heterocycles. The molecule has 1 aliphatic carbocycles. The van der Waals surface area contributed by atoms with Gasteiger partial charge in [-0.1, -0.05) is 55.0 Å². The second-order valence-electron chi connectivity index (χ2n) is 7.60. The Kier molecular flexibility index (Phi) is 6.40. The van der Waals surface area contributed by atoms with Crippen LogP contribution in [-0.4, -0.2) is 31.8 Å². The van der Waals surface area contributed by atoms with E-state index in [0.717, 1.165) is 32.1 Å². The Labute approximate surface area is 162 Å². The molecule has 0 amide bonds. The van der Waals surface area contributed by atoms with Crippen molar-refractivity contribution in [1.29, 1.82) is 0 Å². The zero-order valence-electron chi connectivity index (χ0n) is 15.9. The first-order valence-electron chi connectivity index (χ1n) is 10.2. The fourth-order valence-corrected chi connectivity index (χ4v) is 4.35. The fraction of sp³-hybridized carbons (Fsp3) is 0.478. The van der Waals surface area contributed by atoms with E-state index < -0.39 is 0 Å². The minimum Gasteiger partial charge on any atom is -0.489 e. The normalized spacial score (nSPS) is 25.4. The highest BCUT2D eigenvalue weighted by atomic mass is 16.5. The summed E-state index contributed by atoms with van der Waals surface area (Å²) in [7, 11) is 0. The molecule has 3 atom stereocenters. The molecule has 0 spiro atoms. The lowest BCUT2D eigenvalue weighted by molar-refractivity contribution is 0.0524. The maximum Gasteiger partial charge on any atom is 0.124 e. The van der Waals surface area contributed by atoms with E-state index in [9.17, 15) is 0 Å². The Balaban J connectivity index is 1.35. The average molecular weight is 367 g/mol. The van der Waals surface area contributed by atoms with Crippen LogP contribution in [-0.2, 0) is 17.9 Å². The molecule has 1 saturated heterocycles. The van der Waals surface area contributed by atoms with E-state index >= 15 is 0 Å². The molecule has 1 saturated carbocycles. The lowest BCUT2D eigenvalue weighted by Gasteiger charge is -2.33. The smallest absolute Gasteiger partial charge is 0.124 e. The van der Waals surface area contributed by atoms with Gasteiger partial charge in [0.15, 0.2) is 0 Å². The van der Waals surface area contributed by atoms with Crippen LogP contribution in [0.3, 0.4) is 0 Å². The number of morpholine rings is 1. The number of nitrogens with one attached hydrogen (secondary N) is 2. The van der Waals surface area contributed by atoms with Crippen molar-refractivity contribution in [2.75, 3.05) is 19.8 Å². The zero-order valence-corrected chi connectivity index (χ0v) is 15.9. The maximum atomic E-state index is 6.11. The van der Waals surface area contributed by atoms with Gasteiger partial charge in [-0.3, -0.25) is 0 Å². The molecule has 2 aromatic rings. The van der Waals surface area contributed by atoms with Gasteiger partial charge in [-0.25, -0.2) is 0 Å². The van der Waals surface area contributed by atoms with Crippen molar-refractivity contribution in [3.8, 4) is 5.75 Å². The van der Waals surface area contributed by atoms with Gasteiger partial charge in [0.2, 0.25) is 0 Å². The van der Waals surface area contributed by atoms with E-state index in [1.54, 1.807) is 0 Å². The van der Waals surface area contributed by atoms with E-state index in [1.807, 2.05) is 12.1 Å². The topological polar surface area (TPSA) is 42.5 Å². The van der Waals surface area contributed by atoms with Crippen LogP contribution in [0.1, 0.15) is 30.4 Å². The first kappa shape index (κ1) is 18.5. The quantitative estimate of drug-likeness (QED) is 0.787. The standard InChI is InChI=1S/C23H30N2O2/c1-2-7-18(8-3-1)16-27-23-12-5-4-9-19(23)15-25-21-11-6-10-20(21)22-17-26-14-13-24-22/h1-5,7-9,12,20-22,24-25H,6,10-11,13-17H2. The van der Waals surface area contributed by atoms with E-state index in [2.05, 4.69) is 53.1 Å². The summed E-state index contributed by atoms with van der Waals surface area (Å²) in [6.45, 7) is 4.12. The minimum atomic E-state index is 0.489. The monoisotopic (exact) mass is 366 g/mol. The van der Waals surface area contributed by atoms with Crippen molar-refractivity contribution >= 4 is 0 Å². The zero-order chi connectivity index (χ0) is 18.3. The summed E-state index contributed by atoms with van der Waals surface area (Å²) in [4.78, 5) is 0. The third-order valence-electron chi connectivity index (χ3n) is 5.80. The fourth-order valence-electron chi connectivity index (χ4n) is 4.35. The molecular weight excluding hydrogens is 336 g/mol. The first-order chi connectivity index (χ1) is 13.4. The van der Waals surface area contributed by atoms with Crippen LogP contribution < -0.4 is 15.4 Å². The second-order valence-corrected chi connectivity index (χ2v) is 7.60. The van der Waals surface area contributed by atoms with Gasteiger partial charge in [0.25, 0.3) is 0 Å². The molecule has 2 N–H and O–H groups in total. The predicted octanol–water partition coefficient (Wildman–Crippen LogP) is 3.51. The molecule has 27 heavy (non-hydrogen) atoms. The summed E-state index contributed by atoms with van der Waals surface area (Å²) in [5.41, 5.74) is 2.42. The molecule has 1 aliphatic heterocycles. The molecular formula is C23H30N2O2. The molecule has 0 radical (unpaired) electrons. The van der Waals surface area contributed by atoms with Crippen molar-refractivity contribution in [1.82, 2.24) is 10.6 Å². The van der Waals surface area contributed by atoms with E-state index in [4.69, 9.17) is 9.47 Å².